The standard InChI is InChI=1S/C9H12F3NO3S/c10-9(11,12)6(17)4-7(14)13-3-1-2-5(13)8(15)16/h5-6,17H,1-4H2,(H,15,16)/t5-,6?/m1/s1. The minimum Gasteiger partial charge on any atom is -0.480 e. The van der Waals surface area contributed by atoms with Gasteiger partial charge in [0, 0.05) is 13.0 Å². The van der Waals surface area contributed by atoms with Crippen molar-refractivity contribution in [2.75, 3.05) is 6.54 Å². The van der Waals surface area contributed by atoms with Gasteiger partial charge in [0.1, 0.15) is 11.3 Å². The fourth-order valence-corrected chi connectivity index (χ4v) is 1.88. The van der Waals surface area contributed by atoms with E-state index < -0.39 is 35.8 Å². The second kappa shape index (κ2) is 5.16. The van der Waals surface area contributed by atoms with Crippen LogP contribution in [0.1, 0.15) is 19.3 Å². The van der Waals surface area contributed by atoms with Crippen molar-refractivity contribution >= 4 is 24.5 Å². The molecule has 98 valence electrons. The lowest BCUT2D eigenvalue weighted by Gasteiger charge is -2.23. The number of carbonyl (C=O) groups excluding carboxylic acids is 1. The first kappa shape index (κ1) is 14.1. The summed E-state index contributed by atoms with van der Waals surface area (Å²) in [6.45, 7) is 0.189. The van der Waals surface area contributed by atoms with Gasteiger partial charge < -0.3 is 10.0 Å². The first-order valence-corrected chi connectivity index (χ1v) is 5.52. The molecule has 1 aliphatic rings. The molecule has 1 saturated heterocycles. The van der Waals surface area contributed by atoms with Gasteiger partial charge in [-0.05, 0) is 12.8 Å². The average molecular weight is 271 g/mol. The summed E-state index contributed by atoms with van der Waals surface area (Å²) >= 11 is 3.30. The molecule has 0 radical (unpaired) electrons. The topological polar surface area (TPSA) is 57.6 Å². The Labute approximate surface area is 101 Å². The van der Waals surface area contributed by atoms with Gasteiger partial charge >= 0.3 is 12.1 Å². The fraction of sp³-hybridized carbons (Fsp3) is 0.778. The van der Waals surface area contributed by atoms with Crippen LogP contribution in [0.15, 0.2) is 0 Å². The third kappa shape index (κ3) is 3.52. The van der Waals surface area contributed by atoms with Crippen molar-refractivity contribution < 1.29 is 27.9 Å². The molecule has 1 aliphatic heterocycles. The lowest BCUT2D eigenvalue weighted by Crippen LogP contribution is -2.42. The number of amides is 1. The van der Waals surface area contributed by atoms with Crippen LogP contribution < -0.4 is 0 Å². The fourth-order valence-electron chi connectivity index (χ4n) is 1.72. The number of halogens is 3. The number of rotatable bonds is 3. The first-order valence-electron chi connectivity index (χ1n) is 5.00. The minimum absolute atomic E-state index is 0.189. The number of hydrogen-bond donors (Lipinski definition) is 2. The van der Waals surface area contributed by atoms with E-state index in [1.165, 1.54) is 0 Å². The molecule has 0 bridgehead atoms. The lowest BCUT2D eigenvalue weighted by atomic mass is 10.2. The summed E-state index contributed by atoms with van der Waals surface area (Å²) in [5.74, 6) is -1.99. The molecule has 1 N–H and O–H groups in total. The van der Waals surface area contributed by atoms with E-state index in [1.54, 1.807) is 0 Å². The van der Waals surface area contributed by atoms with Crippen molar-refractivity contribution in [3.05, 3.63) is 0 Å². The van der Waals surface area contributed by atoms with Crippen molar-refractivity contribution in [2.24, 2.45) is 0 Å². The summed E-state index contributed by atoms with van der Waals surface area (Å²) in [4.78, 5) is 23.3. The van der Waals surface area contributed by atoms with Crippen molar-refractivity contribution in [2.45, 2.75) is 36.7 Å². The number of likely N-dealkylation sites (tertiary alicyclic amines) is 1. The molecular weight excluding hydrogens is 259 g/mol. The lowest BCUT2D eigenvalue weighted by molar-refractivity contribution is -0.152. The van der Waals surface area contributed by atoms with E-state index in [0.29, 0.717) is 6.42 Å². The number of alkyl halides is 3. The minimum atomic E-state index is -4.56. The van der Waals surface area contributed by atoms with Gasteiger partial charge in [-0.2, -0.15) is 25.8 Å². The highest BCUT2D eigenvalue weighted by molar-refractivity contribution is 7.81. The summed E-state index contributed by atoms with van der Waals surface area (Å²) in [6.07, 6.45) is -4.61. The molecule has 17 heavy (non-hydrogen) atoms. The molecule has 8 heteroatoms. The number of carboxylic acid groups (broad SMARTS) is 1. The third-order valence-corrected chi connectivity index (χ3v) is 3.08. The Balaban J connectivity index is 2.61. The molecule has 1 rings (SSSR count). The number of aliphatic carboxylic acids is 1. The molecular formula is C9H12F3NO3S. The Morgan fingerprint density at radius 2 is 2.06 bits per heavy atom. The summed E-state index contributed by atoms with van der Waals surface area (Å²) in [5, 5.41) is 6.74. The maximum atomic E-state index is 12.2. The Morgan fingerprint density at radius 1 is 1.47 bits per heavy atom. The highest BCUT2D eigenvalue weighted by atomic mass is 32.1. The van der Waals surface area contributed by atoms with Crippen LogP contribution in [0.4, 0.5) is 13.2 Å². The van der Waals surface area contributed by atoms with E-state index in [0.717, 1.165) is 4.90 Å². The number of carbonyl (C=O) groups is 2. The molecule has 1 fully saturated rings. The predicted molar refractivity (Wildman–Crippen MR) is 55.8 cm³/mol. The van der Waals surface area contributed by atoms with Gasteiger partial charge in [0.15, 0.2) is 0 Å². The van der Waals surface area contributed by atoms with Crippen LogP contribution in [0.3, 0.4) is 0 Å². The zero-order valence-corrected chi connectivity index (χ0v) is 9.67. The SMILES string of the molecule is O=C(O)[C@H]1CCCN1C(=O)CC(S)C(F)(F)F. The molecule has 2 atom stereocenters. The van der Waals surface area contributed by atoms with Crippen molar-refractivity contribution in [1.82, 2.24) is 4.90 Å². The van der Waals surface area contributed by atoms with Crippen LogP contribution in [0.5, 0.6) is 0 Å². The number of carboxylic acids is 1. The molecule has 0 aliphatic carbocycles. The molecule has 0 aromatic carbocycles. The van der Waals surface area contributed by atoms with Crippen LogP contribution in [0.2, 0.25) is 0 Å². The maximum Gasteiger partial charge on any atom is 0.400 e. The number of thiol groups is 1. The monoisotopic (exact) mass is 271 g/mol. The van der Waals surface area contributed by atoms with Crippen molar-refractivity contribution in [3.63, 3.8) is 0 Å². The van der Waals surface area contributed by atoms with Crippen LogP contribution in [-0.4, -0.2) is 45.9 Å². The van der Waals surface area contributed by atoms with Crippen LogP contribution in [-0.2, 0) is 9.59 Å². The quantitative estimate of drug-likeness (QED) is 0.761. The second-order valence-electron chi connectivity index (χ2n) is 3.84. The predicted octanol–water partition coefficient (Wildman–Crippen LogP) is 1.31. The Morgan fingerprint density at radius 3 is 2.53 bits per heavy atom. The average Bonchev–Trinajstić information content (AvgIpc) is 2.63. The van der Waals surface area contributed by atoms with Crippen molar-refractivity contribution in [1.29, 1.82) is 0 Å². The highest BCUT2D eigenvalue weighted by Crippen LogP contribution is 2.28. The van der Waals surface area contributed by atoms with Gasteiger partial charge in [0.25, 0.3) is 0 Å². The van der Waals surface area contributed by atoms with Gasteiger partial charge in [-0.3, -0.25) is 4.79 Å². The van der Waals surface area contributed by atoms with Gasteiger partial charge in [-0.15, -0.1) is 0 Å². The first-order chi connectivity index (χ1) is 7.73. The molecule has 4 nitrogen and oxygen atoms in total. The van der Waals surface area contributed by atoms with Gasteiger partial charge in [-0.1, -0.05) is 0 Å². The Hall–Kier alpha value is -0.920. The van der Waals surface area contributed by atoms with Gasteiger partial charge in [0.2, 0.25) is 5.91 Å². The summed E-state index contributed by atoms with van der Waals surface area (Å²) in [5.41, 5.74) is 0. The zero-order valence-electron chi connectivity index (χ0n) is 8.78. The third-order valence-electron chi connectivity index (χ3n) is 2.60. The number of nitrogens with zero attached hydrogens (tertiary/aromatic N) is 1. The largest absolute Gasteiger partial charge is 0.480 e. The van der Waals surface area contributed by atoms with E-state index in [-0.39, 0.29) is 13.0 Å². The summed E-state index contributed by atoms with van der Waals surface area (Å²) in [6, 6.07) is -1.00. The molecule has 1 unspecified atom stereocenters. The smallest absolute Gasteiger partial charge is 0.400 e. The van der Waals surface area contributed by atoms with E-state index in [4.69, 9.17) is 5.11 Å². The van der Waals surface area contributed by atoms with Crippen LogP contribution >= 0.6 is 12.6 Å². The Bertz CT molecular complexity index is 321. The van der Waals surface area contributed by atoms with E-state index >= 15 is 0 Å². The molecule has 0 aromatic heterocycles. The highest BCUT2D eigenvalue weighted by Gasteiger charge is 2.41. The number of hydrogen-bond acceptors (Lipinski definition) is 3. The molecule has 0 aromatic rings. The molecule has 0 spiro atoms. The van der Waals surface area contributed by atoms with Crippen molar-refractivity contribution in [3.8, 4) is 0 Å². The Kier molecular flexibility index (Phi) is 4.29. The molecule has 1 heterocycles. The van der Waals surface area contributed by atoms with Gasteiger partial charge in [-0.25, -0.2) is 4.79 Å². The van der Waals surface area contributed by atoms with Crippen LogP contribution in [0, 0.1) is 0 Å². The molecule has 1 amide bonds. The van der Waals surface area contributed by atoms with E-state index in [2.05, 4.69) is 12.6 Å². The normalized spacial score (nSPS) is 22.6. The second-order valence-corrected chi connectivity index (χ2v) is 4.47. The van der Waals surface area contributed by atoms with E-state index in [9.17, 15) is 22.8 Å². The summed E-state index contributed by atoms with van der Waals surface area (Å²) in [7, 11) is 0. The zero-order chi connectivity index (χ0) is 13.2. The van der Waals surface area contributed by atoms with E-state index in [1.807, 2.05) is 0 Å². The van der Waals surface area contributed by atoms with Gasteiger partial charge in [0.05, 0.1) is 0 Å². The van der Waals surface area contributed by atoms with Crippen LogP contribution in [0.25, 0.3) is 0 Å². The summed E-state index contributed by atoms with van der Waals surface area (Å²) < 4.78 is 36.6. The molecule has 0 saturated carbocycles. The maximum absolute atomic E-state index is 12.2.